The summed E-state index contributed by atoms with van der Waals surface area (Å²) in [6.45, 7) is 3.03. The first-order chi connectivity index (χ1) is 8.49. The van der Waals surface area contributed by atoms with Crippen LogP contribution in [0.15, 0.2) is 24.3 Å². The molecule has 0 aliphatic heterocycles. The van der Waals surface area contributed by atoms with E-state index in [9.17, 15) is 9.59 Å². The first-order valence-electron chi connectivity index (χ1n) is 5.67. The molecule has 0 atom stereocenters. The van der Waals surface area contributed by atoms with Gasteiger partial charge >= 0.3 is 0 Å². The number of fused-ring (bicyclic) bond motifs is 1. The molecule has 0 radical (unpaired) electrons. The largest absolute Gasteiger partial charge is 0.384 e. The van der Waals surface area contributed by atoms with Crippen LogP contribution in [0.2, 0.25) is 0 Å². The summed E-state index contributed by atoms with van der Waals surface area (Å²) in [6.07, 6.45) is 0.334. The zero-order valence-corrected chi connectivity index (χ0v) is 10.4. The van der Waals surface area contributed by atoms with Crippen LogP contribution in [0.5, 0.6) is 0 Å². The van der Waals surface area contributed by atoms with Crippen molar-refractivity contribution in [2.75, 3.05) is 5.73 Å². The molecule has 0 unspecified atom stereocenters. The summed E-state index contributed by atoms with van der Waals surface area (Å²) in [5.74, 6) is 0.376. The van der Waals surface area contributed by atoms with E-state index >= 15 is 0 Å². The first kappa shape index (κ1) is 12.2. The van der Waals surface area contributed by atoms with Crippen LogP contribution in [-0.2, 0) is 11.2 Å². The van der Waals surface area contributed by atoms with Gasteiger partial charge in [0.25, 0.3) is 0 Å². The molecule has 4 nitrogen and oxygen atoms in total. The molecule has 4 heteroatoms. The Morgan fingerprint density at radius 3 is 2.50 bits per heavy atom. The van der Waals surface area contributed by atoms with Crippen molar-refractivity contribution in [2.45, 2.75) is 20.3 Å². The number of benzene rings is 1. The second kappa shape index (κ2) is 4.56. The van der Waals surface area contributed by atoms with Crippen molar-refractivity contribution in [1.29, 1.82) is 0 Å². The van der Waals surface area contributed by atoms with Gasteiger partial charge in [-0.05, 0) is 37.6 Å². The highest BCUT2D eigenvalue weighted by Crippen LogP contribution is 2.23. The van der Waals surface area contributed by atoms with Gasteiger partial charge in [-0.3, -0.25) is 9.59 Å². The number of pyridine rings is 1. The zero-order valence-electron chi connectivity index (χ0n) is 10.4. The predicted octanol–water partition coefficient (Wildman–Crippen LogP) is 2.15. The average molecular weight is 242 g/mol. The van der Waals surface area contributed by atoms with Crippen LogP contribution in [0.3, 0.4) is 0 Å². The highest BCUT2D eigenvalue weighted by Gasteiger charge is 2.11. The molecule has 18 heavy (non-hydrogen) atoms. The Kier molecular flexibility index (Phi) is 3.10. The smallest absolute Gasteiger partial charge is 0.161 e. The maximum absolute atomic E-state index is 11.6. The van der Waals surface area contributed by atoms with E-state index in [0.29, 0.717) is 23.3 Å². The van der Waals surface area contributed by atoms with Crippen molar-refractivity contribution < 1.29 is 9.59 Å². The van der Waals surface area contributed by atoms with Crippen LogP contribution < -0.4 is 5.73 Å². The molecule has 1 heterocycles. The standard InChI is InChI=1S/C14H14N2O2/c1-8(17)7-10-3-4-11(9(2)18)14-12(10)5-6-13(15)16-14/h3-6H,7H2,1-2H3,(H2,15,16). The lowest BCUT2D eigenvalue weighted by molar-refractivity contribution is -0.116. The highest BCUT2D eigenvalue weighted by atomic mass is 16.1. The van der Waals surface area contributed by atoms with Gasteiger partial charge in [-0.25, -0.2) is 4.98 Å². The van der Waals surface area contributed by atoms with Gasteiger partial charge < -0.3 is 5.73 Å². The molecule has 0 aliphatic rings. The number of carbonyl (C=O) groups excluding carboxylic acids is 2. The molecule has 0 bridgehead atoms. The molecule has 0 amide bonds. The lowest BCUT2D eigenvalue weighted by Gasteiger charge is -2.08. The van der Waals surface area contributed by atoms with Gasteiger partial charge in [0.2, 0.25) is 0 Å². The van der Waals surface area contributed by atoms with E-state index in [-0.39, 0.29) is 11.6 Å². The summed E-state index contributed by atoms with van der Waals surface area (Å²) in [4.78, 5) is 27.0. The lowest BCUT2D eigenvalue weighted by atomic mass is 9.98. The van der Waals surface area contributed by atoms with Crippen LogP contribution in [-0.4, -0.2) is 16.6 Å². The maximum atomic E-state index is 11.6. The minimum absolute atomic E-state index is 0.0625. The molecule has 0 saturated carbocycles. The van der Waals surface area contributed by atoms with E-state index < -0.39 is 0 Å². The molecular weight excluding hydrogens is 228 g/mol. The third kappa shape index (κ3) is 2.22. The van der Waals surface area contributed by atoms with Crippen LogP contribution in [0.1, 0.15) is 29.8 Å². The molecular formula is C14H14N2O2. The molecule has 0 aliphatic carbocycles. The third-order valence-corrected chi connectivity index (χ3v) is 2.79. The lowest BCUT2D eigenvalue weighted by Crippen LogP contribution is -2.03. The molecule has 92 valence electrons. The predicted molar refractivity (Wildman–Crippen MR) is 70.5 cm³/mol. The number of hydrogen-bond acceptors (Lipinski definition) is 4. The number of nitrogen functional groups attached to an aromatic ring is 1. The Hall–Kier alpha value is -2.23. The molecule has 2 N–H and O–H groups in total. The van der Waals surface area contributed by atoms with Gasteiger partial charge in [-0.2, -0.15) is 0 Å². The Labute approximate surface area is 105 Å². The Morgan fingerprint density at radius 1 is 1.17 bits per heavy atom. The van der Waals surface area contributed by atoms with E-state index in [0.717, 1.165) is 10.9 Å². The fourth-order valence-electron chi connectivity index (χ4n) is 2.00. The highest BCUT2D eigenvalue weighted by molar-refractivity contribution is 6.07. The number of aromatic nitrogens is 1. The zero-order chi connectivity index (χ0) is 13.3. The fraction of sp³-hybridized carbons (Fsp3) is 0.214. The molecule has 2 rings (SSSR count). The van der Waals surface area contributed by atoms with Gasteiger partial charge in [0.05, 0.1) is 5.52 Å². The molecule has 0 saturated heterocycles. The average Bonchev–Trinajstić information content (AvgIpc) is 2.27. The minimum Gasteiger partial charge on any atom is -0.384 e. The molecule has 2 aromatic rings. The number of ketones is 2. The SMILES string of the molecule is CC(=O)Cc1ccc(C(C)=O)c2nc(N)ccc12. The van der Waals surface area contributed by atoms with Gasteiger partial charge in [0.15, 0.2) is 5.78 Å². The van der Waals surface area contributed by atoms with E-state index in [1.54, 1.807) is 18.2 Å². The number of Topliss-reactive ketones (excluding diaryl/α,β-unsaturated/α-hetero) is 2. The van der Waals surface area contributed by atoms with E-state index in [2.05, 4.69) is 4.98 Å². The molecule has 1 aromatic heterocycles. The van der Waals surface area contributed by atoms with Crippen LogP contribution in [0, 0.1) is 0 Å². The van der Waals surface area contributed by atoms with Gasteiger partial charge in [0, 0.05) is 17.4 Å². The van der Waals surface area contributed by atoms with E-state index in [4.69, 9.17) is 5.73 Å². The van der Waals surface area contributed by atoms with Gasteiger partial charge in [-0.1, -0.05) is 6.07 Å². The van der Waals surface area contributed by atoms with E-state index in [1.165, 1.54) is 13.8 Å². The molecule has 0 spiro atoms. The summed E-state index contributed by atoms with van der Waals surface area (Å²) in [7, 11) is 0. The summed E-state index contributed by atoms with van der Waals surface area (Å²) < 4.78 is 0. The van der Waals surface area contributed by atoms with Crippen molar-refractivity contribution >= 4 is 28.3 Å². The summed E-state index contributed by atoms with van der Waals surface area (Å²) in [5, 5.41) is 0.812. The molecule has 1 aromatic carbocycles. The summed E-state index contributed by atoms with van der Waals surface area (Å²) in [5.41, 5.74) is 7.63. The maximum Gasteiger partial charge on any atom is 0.161 e. The first-order valence-corrected chi connectivity index (χ1v) is 5.67. The monoisotopic (exact) mass is 242 g/mol. The van der Waals surface area contributed by atoms with Crippen molar-refractivity contribution in [3.05, 3.63) is 35.4 Å². The van der Waals surface area contributed by atoms with E-state index in [1.807, 2.05) is 6.07 Å². The van der Waals surface area contributed by atoms with Crippen molar-refractivity contribution in [3.8, 4) is 0 Å². The topological polar surface area (TPSA) is 73.0 Å². The number of carbonyl (C=O) groups is 2. The summed E-state index contributed by atoms with van der Waals surface area (Å²) in [6, 6.07) is 6.99. The van der Waals surface area contributed by atoms with Gasteiger partial charge in [0.1, 0.15) is 11.6 Å². The fourth-order valence-corrected chi connectivity index (χ4v) is 2.00. The van der Waals surface area contributed by atoms with Crippen molar-refractivity contribution in [1.82, 2.24) is 4.98 Å². The Morgan fingerprint density at radius 2 is 1.89 bits per heavy atom. The Bertz CT molecular complexity index is 648. The number of hydrogen-bond donors (Lipinski definition) is 1. The number of nitrogens with zero attached hydrogens (tertiary/aromatic N) is 1. The molecule has 0 fully saturated rings. The number of anilines is 1. The second-order valence-corrected chi connectivity index (χ2v) is 4.34. The second-order valence-electron chi connectivity index (χ2n) is 4.34. The van der Waals surface area contributed by atoms with Crippen molar-refractivity contribution in [2.24, 2.45) is 0 Å². The number of rotatable bonds is 3. The van der Waals surface area contributed by atoms with Crippen LogP contribution >= 0.6 is 0 Å². The van der Waals surface area contributed by atoms with Crippen LogP contribution in [0.4, 0.5) is 5.82 Å². The quantitative estimate of drug-likeness (QED) is 0.837. The third-order valence-electron chi connectivity index (χ3n) is 2.79. The Balaban J connectivity index is 2.75. The normalized spacial score (nSPS) is 10.6. The minimum atomic E-state index is -0.0625. The van der Waals surface area contributed by atoms with Crippen molar-refractivity contribution in [3.63, 3.8) is 0 Å². The number of nitrogens with two attached hydrogens (primary N) is 1. The van der Waals surface area contributed by atoms with Gasteiger partial charge in [-0.15, -0.1) is 0 Å². The summed E-state index contributed by atoms with van der Waals surface area (Å²) >= 11 is 0. The van der Waals surface area contributed by atoms with Crippen LogP contribution in [0.25, 0.3) is 10.9 Å².